The predicted octanol–water partition coefficient (Wildman–Crippen LogP) is 3.53. The molecule has 0 atom stereocenters. The lowest BCUT2D eigenvalue weighted by molar-refractivity contribution is 0.486. The normalized spacial score (nSPS) is 11.2. The van der Waals surface area contributed by atoms with Crippen molar-refractivity contribution < 1.29 is 12.6 Å². The first-order chi connectivity index (χ1) is 8.47. The molecule has 0 saturated heterocycles. The van der Waals surface area contributed by atoms with Gasteiger partial charge in [-0.05, 0) is 43.3 Å². The Morgan fingerprint density at radius 1 is 0.944 bits per heavy atom. The van der Waals surface area contributed by atoms with Gasteiger partial charge in [-0.15, -0.1) is 0 Å². The van der Waals surface area contributed by atoms with Crippen molar-refractivity contribution in [1.82, 2.24) is 0 Å². The minimum absolute atomic E-state index is 0.131. The van der Waals surface area contributed by atoms with Gasteiger partial charge in [0.1, 0.15) is 10.6 Å². The summed E-state index contributed by atoms with van der Waals surface area (Å²) >= 11 is 3.25. The molecule has 0 N–H and O–H groups in total. The van der Waals surface area contributed by atoms with Crippen LogP contribution in [0.5, 0.6) is 5.75 Å². The average molecular weight is 327 g/mol. The van der Waals surface area contributed by atoms with E-state index < -0.39 is 10.1 Å². The van der Waals surface area contributed by atoms with Gasteiger partial charge in [0.25, 0.3) is 0 Å². The molecule has 2 aromatic rings. The van der Waals surface area contributed by atoms with Gasteiger partial charge < -0.3 is 4.18 Å². The Bertz CT molecular complexity index is 631. The first-order valence-corrected chi connectivity index (χ1v) is 7.44. The summed E-state index contributed by atoms with van der Waals surface area (Å²) in [6.45, 7) is 1.92. The molecule has 0 amide bonds. The van der Waals surface area contributed by atoms with Crippen LogP contribution >= 0.6 is 15.9 Å². The summed E-state index contributed by atoms with van der Waals surface area (Å²) < 4.78 is 29.8. The first-order valence-electron chi connectivity index (χ1n) is 5.24. The summed E-state index contributed by atoms with van der Waals surface area (Å²) in [5, 5.41) is 0. The third kappa shape index (κ3) is 3.11. The summed E-state index contributed by atoms with van der Waals surface area (Å²) in [5.74, 6) is 0.309. The monoisotopic (exact) mass is 326 g/mol. The summed E-state index contributed by atoms with van der Waals surface area (Å²) in [6, 6.07) is 13.2. The van der Waals surface area contributed by atoms with Gasteiger partial charge in [0.05, 0.1) is 0 Å². The molecule has 0 bridgehead atoms. The van der Waals surface area contributed by atoms with Gasteiger partial charge in [-0.3, -0.25) is 0 Å². The molecule has 3 nitrogen and oxygen atoms in total. The van der Waals surface area contributed by atoms with E-state index in [0.717, 1.165) is 10.0 Å². The lowest BCUT2D eigenvalue weighted by Crippen LogP contribution is -2.09. The maximum Gasteiger partial charge on any atom is 0.339 e. The molecule has 0 heterocycles. The maximum atomic E-state index is 12.0. The van der Waals surface area contributed by atoms with Crippen LogP contribution in [-0.2, 0) is 10.1 Å². The van der Waals surface area contributed by atoms with E-state index in [1.165, 1.54) is 12.1 Å². The van der Waals surface area contributed by atoms with Crippen molar-refractivity contribution in [3.05, 3.63) is 58.6 Å². The van der Waals surface area contributed by atoms with Gasteiger partial charge in [-0.2, -0.15) is 8.42 Å². The van der Waals surface area contributed by atoms with Crippen molar-refractivity contribution >= 4 is 26.0 Å². The molecule has 0 aromatic heterocycles. The maximum absolute atomic E-state index is 12.0. The topological polar surface area (TPSA) is 43.4 Å². The van der Waals surface area contributed by atoms with E-state index in [-0.39, 0.29) is 4.90 Å². The molecule has 94 valence electrons. The molecular formula is C13H11BrO3S. The zero-order chi connectivity index (χ0) is 13.2. The highest BCUT2D eigenvalue weighted by Gasteiger charge is 2.16. The number of hydrogen-bond donors (Lipinski definition) is 0. The summed E-state index contributed by atoms with van der Waals surface area (Å²) in [7, 11) is -3.76. The molecule has 0 radical (unpaired) electrons. The molecule has 0 spiro atoms. The van der Waals surface area contributed by atoms with Gasteiger partial charge in [-0.1, -0.05) is 33.6 Å². The average Bonchev–Trinajstić information content (AvgIpc) is 2.32. The molecule has 0 fully saturated rings. The van der Waals surface area contributed by atoms with Crippen molar-refractivity contribution in [1.29, 1.82) is 0 Å². The predicted molar refractivity (Wildman–Crippen MR) is 73.1 cm³/mol. The third-order valence-corrected chi connectivity index (χ3v) is 4.12. The Morgan fingerprint density at radius 3 is 2.06 bits per heavy atom. The van der Waals surface area contributed by atoms with Gasteiger partial charge in [0.2, 0.25) is 0 Å². The van der Waals surface area contributed by atoms with Crippen molar-refractivity contribution in [3.63, 3.8) is 0 Å². The standard InChI is InChI=1S/C13H11BrO3S/c1-10-2-6-12(7-3-10)17-18(15,16)13-8-4-11(14)5-9-13/h2-9H,1H3. The fourth-order valence-corrected chi connectivity index (χ4v) is 2.56. The highest BCUT2D eigenvalue weighted by Crippen LogP contribution is 2.20. The Labute approximate surface area is 115 Å². The first kappa shape index (κ1) is 13.1. The molecular weight excluding hydrogens is 316 g/mol. The molecule has 0 aliphatic carbocycles. The smallest absolute Gasteiger partial charge is 0.339 e. The lowest BCUT2D eigenvalue weighted by atomic mass is 10.2. The second-order valence-electron chi connectivity index (χ2n) is 3.80. The number of rotatable bonds is 3. The minimum Gasteiger partial charge on any atom is -0.379 e. The van der Waals surface area contributed by atoms with Crippen molar-refractivity contribution in [2.75, 3.05) is 0 Å². The molecule has 18 heavy (non-hydrogen) atoms. The zero-order valence-electron chi connectivity index (χ0n) is 9.63. The van der Waals surface area contributed by atoms with Crippen LogP contribution in [0.1, 0.15) is 5.56 Å². The summed E-state index contributed by atoms with van der Waals surface area (Å²) in [6.07, 6.45) is 0. The molecule has 0 saturated carbocycles. The quantitative estimate of drug-likeness (QED) is 0.810. The highest BCUT2D eigenvalue weighted by molar-refractivity contribution is 9.10. The Hall–Kier alpha value is -1.33. The van der Waals surface area contributed by atoms with Gasteiger partial charge in [-0.25, -0.2) is 0 Å². The van der Waals surface area contributed by atoms with Crippen LogP contribution < -0.4 is 4.18 Å². The Morgan fingerprint density at radius 2 is 1.50 bits per heavy atom. The van der Waals surface area contributed by atoms with Crippen LogP contribution in [0.15, 0.2) is 57.9 Å². The minimum atomic E-state index is -3.76. The Balaban J connectivity index is 2.27. The van der Waals surface area contributed by atoms with E-state index in [9.17, 15) is 8.42 Å². The molecule has 0 aliphatic heterocycles. The molecule has 5 heteroatoms. The largest absolute Gasteiger partial charge is 0.379 e. The summed E-state index contributed by atoms with van der Waals surface area (Å²) in [4.78, 5) is 0.131. The second kappa shape index (κ2) is 5.12. The zero-order valence-corrected chi connectivity index (χ0v) is 12.0. The van der Waals surface area contributed by atoms with E-state index in [0.29, 0.717) is 5.75 Å². The fraction of sp³-hybridized carbons (Fsp3) is 0.0769. The third-order valence-electron chi connectivity index (χ3n) is 2.33. The highest BCUT2D eigenvalue weighted by atomic mass is 79.9. The number of benzene rings is 2. The molecule has 0 aliphatic rings. The second-order valence-corrected chi connectivity index (χ2v) is 6.27. The number of aryl methyl sites for hydroxylation is 1. The molecule has 2 rings (SSSR count). The van der Waals surface area contributed by atoms with Crippen molar-refractivity contribution in [2.45, 2.75) is 11.8 Å². The van der Waals surface area contributed by atoms with Gasteiger partial charge >= 0.3 is 10.1 Å². The van der Waals surface area contributed by atoms with E-state index in [1.54, 1.807) is 36.4 Å². The van der Waals surface area contributed by atoms with Gasteiger partial charge in [0.15, 0.2) is 0 Å². The Kier molecular flexibility index (Phi) is 3.73. The van der Waals surface area contributed by atoms with E-state index in [1.807, 2.05) is 6.92 Å². The van der Waals surface area contributed by atoms with Crippen molar-refractivity contribution in [2.24, 2.45) is 0 Å². The number of halogens is 1. The molecule has 0 unspecified atom stereocenters. The van der Waals surface area contributed by atoms with E-state index in [2.05, 4.69) is 15.9 Å². The van der Waals surface area contributed by atoms with Gasteiger partial charge in [0, 0.05) is 4.47 Å². The molecule has 2 aromatic carbocycles. The van der Waals surface area contributed by atoms with Crippen LogP contribution in [0.3, 0.4) is 0 Å². The van der Waals surface area contributed by atoms with Crippen LogP contribution in [0, 0.1) is 6.92 Å². The number of hydrogen-bond acceptors (Lipinski definition) is 3. The van der Waals surface area contributed by atoms with Crippen molar-refractivity contribution in [3.8, 4) is 5.75 Å². The SMILES string of the molecule is Cc1ccc(OS(=O)(=O)c2ccc(Br)cc2)cc1. The van der Waals surface area contributed by atoms with E-state index >= 15 is 0 Å². The summed E-state index contributed by atoms with van der Waals surface area (Å²) in [5.41, 5.74) is 1.04. The van der Waals surface area contributed by atoms with Crippen LogP contribution in [-0.4, -0.2) is 8.42 Å². The fourth-order valence-electron chi connectivity index (χ4n) is 1.37. The van der Waals surface area contributed by atoms with E-state index in [4.69, 9.17) is 4.18 Å². The van der Waals surface area contributed by atoms with Crippen LogP contribution in [0.4, 0.5) is 0 Å². The van der Waals surface area contributed by atoms with Crippen LogP contribution in [0.2, 0.25) is 0 Å². The van der Waals surface area contributed by atoms with Crippen LogP contribution in [0.25, 0.3) is 0 Å². The lowest BCUT2D eigenvalue weighted by Gasteiger charge is -2.07.